The molecule has 1 saturated heterocycles. The highest BCUT2D eigenvalue weighted by atomic mass is 16.6. The van der Waals surface area contributed by atoms with E-state index in [4.69, 9.17) is 9.47 Å². The maximum absolute atomic E-state index is 11.5. The predicted molar refractivity (Wildman–Crippen MR) is 67.2 cm³/mol. The second kappa shape index (κ2) is 6.75. The summed E-state index contributed by atoms with van der Waals surface area (Å²) in [5.41, 5.74) is 1.01. The van der Waals surface area contributed by atoms with Crippen LogP contribution in [0.15, 0.2) is 30.3 Å². The van der Waals surface area contributed by atoms with Crippen LogP contribution in [0.3, 0.4) is 0 Å². The number of hydrogen-bond acceptors (Lipinski definition) is 4. The fourth-order valence-corrected chi connectivity index (χ4v) is 1.64. The van der Waals surface area contributed by atoms with Crippen molar-refractivity contribution in [2.75, 3.05) is 26.4 Å². The van der Waals surface area contributed by atoms with E-state index in [9.17, 15) is 9.59 Å². The third kappa shape index (κ3) is 4.26. The van der Waals surface area contributed by atoms with Crippen molar-refractivity contribution < 1.29 is 19.1 Å². The Kier molecular flexibility index (Phi) is 4.74. The number of nitrogens with zero attached hydrogens (tertiary/aromatic N) is 1. The van der Waals surface area contributed by atoms with Crippen LogP contribution in [0.4, 0.5) is 4.79 Å². The number of carbonyl (C=O) groups is 2. The third-order valence-electron chi connectivity index (χ3n) is 2.66. The summed E-state index contributed by atoms with van der Waals surface area (Å²) in [5, 5.41) is 2.60. The van der Waals surface area contributed by atoms with Gasteiger partial charge in [-0.25, -0.2) is 4.79 Å². The van der Waals surface area contributed by atoms with Gasteiger partial charge in [0.25, 0.3) is 0 Å². The van der Waals surface area contributed by atoms with Gasteiger partial charge in [-0.05, 0) is 5.56 Å². The standard InChI is InChI=1S/C13H16N2O4/c16-12(14-10-15-6-7-19-13(15)17)9-18-8-11-4-2-1-3-5-11/h1-5H,6-10H2,(H,14,16). The van der Waals surface area contributed by atoms with Crippen LogP contribution >= 0.6 is 0 Å². The van der Waals surface area contributed by atoms with E-state index in [0.29, 0.717) is 19.8 Å². The van der Waals surface area contributed by atoms with Crippen molar-refractivity contribution in [1.82, 2.24) is 10.2 Å². The number of cyclic esters (lactones) is 1. The van der Waals surface area contributed by atoms with E-state index in [2.05, 4.69) is 5.32 Å². The number of carbonyl (C=O) groups excluding carboxylic acids is 2. The summed E-state index contributed by atoms with van der Waals surface area (Å²) in [6.45, 7) is 1.40. The van der Waals surface area contributed by atoms with Crippen molar-refractivity contribution in [3.8, 4) is 0 Å². The molecular formula is C13H16N2O4. The summed E-state index contributed by atoms with van der Waals surface area (Å²) in [6.07, 6.45) is -0.398. The Labute approximate surface area is 111 Å². The Morgan fingerprint density at radius 1 is 1.37 bits per heavy atom. The molecule has 0 spiro atoms. The van der Waals surface area contributed by atoms with Crippen molar-refractivity contribution in [2.45, 2.75) is 6.61 Å². The number of ether oxygens (including phenoxy) is 2. The summed E-state index contributed by atoms with van der Waals surface area (Å²) < 4.78 is 10.0. The predicted octanol–water partition coefficient (Wildman–Crippen LogP) is 0.729. The molecule has 1 aromatic carbocycles. The first-order chi connectivity index (χ1) is 9.25. The van der Waals surface area contributed by atoms with Crippen LogP contribution < -0.4 is 5.32 Å². The number of amides is 2. The molecule has 6 nitrogen and oxygen atoms in total. The zero-order chi connectivity index (χ0) is 13.5. The number of hydrogen-bond donors (Lipinski definition) is 1. The Hall–Kier alpha value is -2.08. The molecular weight excluding hydrogens is 248 g/mol. The molecule has 0 aromatic heterocycles. The summed E-state index contributed by atoms with van der Waals surface area (Å²) >= 11 is 0. The molecule has 0 atom stereocenters. The molecule has 1 aliphatic rings. The average molecular weight is 264 g/mol. The number of nitrogens with one attached hydrogen (secondary N) is 1. The van der Waals surface area contributed by atoms with Gasteiger partial charge in [-0.2, -0.15) is 0 Å². The third-order valence-corrected chi connectivity index (χ3v) is 2.66. The minimum atomic E-state index is -0.398. The lowest BCUT2D eigenvalue weighted by Crippen LogP contribution is -2.39. The Morgan fingerprint density at radius 2 is 2.16 bits per heavy atom. The molecule has 2 amide bonds. The lowest BCUT2D eigenvalue weighted by molar-refractivity contribution is -0.126. The number of rotatable bonds is 6. The van der Waals surface area contributed by atoms with Crippen molar-refractivity contribution in [3.05, 3.63) is 35.9 Å². The molecule has 1 heterocycles. The minimum Gasteiger partial charge on any atom is -0.447 e. The molecule has 1 fully saturated rings. The summed E-state index contributed by atoms with van der Waals surface area (Å²) in [7, 11) is 0. The summed E-state index contributed by atoms with van der Waals surface area (Å²) in [5.74, 6) is -0.254. The topological polar surface area (TPSA) is 67.9 Å². The minimum absolute atomic E-state index is 0.0300. The molecule has 0 unspecified atom stereocenters. The molecule has 1 aromatic rings. The Morgan fingerprint density at radius 3 is 2.84 bits per heavy atom. The van der Waals surface area contributed by atoms with Gasteiger partial charge in [-0.15, -0.1) is 0 Å². The van der Waals surface area contributed by atoms with E-state index in [1.807, 2.05) is 30.3 Å². The van der Waals surface area contributed by atoms with Crippen LogP contribution in [-0.2, 0) is 20.9 Å². The first kappa shape index (κ1) is 13.4. The molecule has 0 aliphatic carbocycles. The van der Waals surface area contributed by atoms with E-state index in [1.54, 1.807) is 0 Å². The fraction of sp³-hybridized carbons (Fsp3) is 0.385. The van der Waals surface area contributed by atoms with E-state index >= 15 is 0 Å². The quantitative estimate of drug-likeness (QED) is 0.822. The van der Waals surface area contributed by atoms with Crippen molar-refractivity contribution in [3.63, 3.8) is 0 Å². The van der Waals surface area contributed by atoms with Crippen LogP contribution in [-0.4, -0.2) is 43.3 Å². The van der Waals surface area contributed by atoms with E-state index < -0.39 is 6.09 Å². The van der Waals surface area contributed by atoms with Gasteiger partial charge in [0.1, 0.15) is 13.2 Å². The zero-order valence-corrected chi connectivity index (χ0v) is 10.5. The number of benzene rings is 1. The van der Waals surface area contributed by atoms with Crippen LogP contribution in [0.25, 0.3) is 0 Å². The van der Waals surface area contributed by atoms with Gasteiger partial charge in [-0.1, -0.05) is 30.3 Å². The molecule has 19 heavy (non-hydrogen) atoms. The van der Waals surface area contributed by atoms with Gasteiger partial charge in [0, 0.05) is 0 Å². The molecule has 0 bridgehead atoms. The second-order valence-electron chi connectivity index (χ2n) is 4.11. The van der Waals surface area contributed by atoms with Crippen LogP contribution in [0.5, 0.6) is 0 Å². The van der Waals surface area contributed by atoms with Crippen molar-refractivity contribution in [1.29, 1.82) is 0 Å². The molecule has 6 heteroatoms. The zero-order valence-electron chi connectivity index (χ0n) is 10.5. The fourth-order valence-electron chi connectivity index (χ4n) is 1.64. The van der Waals surface area contributed by atoms with Crippen LogP contribution in [0.1, 0.15) is 5.56 Å². The monoisotopic (exact) mass is 264 g/mol. The SMILES string of the molecule is O=C(COCc1ccccc1)NCN1CCOC1=O. The normalized spacial score (nSPS) is 14.3. The largest absolute Gasteiger partial charge is 0.447 e. The lowest BCUT2D eigenvalue weighted by Gasteiger charge is -2.13. The molecule has 0 saturated carbocycles. The molecule has 102 valence electrons. The molecule has 2 rings (SSSR count). The highest BCUT2D eigenvalue weighted by Gasteiger charge is 2.21. The van der Waals surface area contributed by atoms with Crippen molar-refractivity contribution in [2.24, 2.45) is 0 Å². The average Bonchev–Trinajstić information content (AvgIpc) is 2.83. The van der Waals surface area contributed by atoms with Gasteiger partial charge in [0.15, 0.2) is 0 Å². The van der Waals surface area contributed by atoms with Crippen LogP contribution in [0, 0.1) is 0 Å². The maximum atomic E-state index is 11.5. The van der Waals surface area contributed by atoms with E-state index in [1.165, 1.54) is 4.90 Å². The lowest BCUT2D eigenvalue weighted by atomic mass is 10.2. The molecule has 0 radical (unpaired) electrons. The van der Waals surface area contributed by atoms with Crippen molar-refractivity contribution >= 4 is 12.0 Å². The Bertz CT molecular complexity index is 436. The second-order valence-corrected chi connectivity index (χ2v) is 4.11. The van der Waals surface area contributed by atoms with Crippen LogP contribution in [0.2, 0.25) is 0 Å². The summed E-state index contributed by atoms with van der Waals surface area (Å²) in [4.78, 5) is 24.0. The maximum Gasteiger partial charge on any atom is 0.411 e. The highest BCUT2D eigenvalue weighted by molar-refractivity contribution is 5.77. The van der Waals surface area contributed by atoms with Gasteiger partial charge in [0.2, 0.25) is 5.91 Å². The van der Waals surface area contributed by atoms with Gasteiger partial charge in [-0.3, -0.25) is 9.69 Å². The van der Waals surface area contributed by atoms with Gasteiger partial charge in [0.05, 0.1) is 19.8 Å². The highest BCUT2D eigenvalue weighted by Crippen LogP contribution is 2.01. The Balaban J connectivity index is 1.61. The van der Waals surface area contributed by atoms with Gasteiger partial charge < -0.3 is 14.8 Å². The smallest absolute Gasteiger partial charge is 0.411 e. The molecule has 1 N–H and O–H groups in total. The molecule has 1 aliphatic heterocycles. The van der Waals surface area contributed by atoms with E-state index in [0.717, 1.165) is 5.56 Å². The first-order valence-corrected chi connectivity index (χ1v) is 6.06. The van der Waals surface area contributed by atoms with E-state index in [-0.39, 0.29) is 19.2 Å². The van der Waals surface area contributed by atoms with Gasteiger partial charge >= 0.3 is 6.09 Å². The summed E-state index contributed by atoms with van der Waals surface area (Å²) in [6, 6.07) is 9.61. The first-order valence-electron chi connectivity index (χ1n) is 6.06.